The van der Waals surface area contributed by atoms with Gasteiger partial charge in [-0.05, 0) is 18.9 Å². The summed E-state index contributed by atoms with van der Waals surface area (Å²) in [4.78, 5) is 20.0. The summed E-state index contributed by atoms with van der Waals surface area (Å²) in [5.41, 5.74) is 2.04. The minimum Gasteiger partial charge on any atom is -0.493 e. The first-order valence-electron chi connectivity index (χ1n) is 6.39. The quantitative estimate of drug-likeness (QED) is 0.796. The van der Waals surface area contributed by atoms with Gasteiger partial charge in [0.1, 0.15) is 0 Å². The third-order valence-corrected chi connectivity index (χ3v) is 3.34. The van der Waals surface area contributed by atoms with E-state index in [1.54, 1.807) is 19.5 Å². The third kappa shape index (κ3) is 2.24. The Hall–Kier alpha value is -2.37. The summed E-state index contributed by atoms with van der Waals surface area (Å²) in [6, 6.07) is 1.64. The van der Waals surface area contributed by atoms with Crippen molar-refractivity contribution in [2.75, 3.05) is 14.2 Å². The molecule has 2 aromatic heterocycles. The number of hydrogen-bond acceptors (Lipinski definition) is 5. The highest BCUT2D eigenvalue weighted by molar-refractivity contribution is 5.88. The van der Waals surface area contributed by atoms with E-state index in [0.29, 0.717) is 11.7 Å². The number of carbonyl (C=O) groups is 1. The van der Waals surface area contributed by atoms with Crippen molar-refractivity contribution < 1.29 is 14.3 Å². The molecule has 3 rings (SSSR count). The van der Waals surface area contributed by atoms with E-state index in [2.05, 4.69) is 14.7 Å². The normalized spacial score (nSPS) is 14.1. The molecular weight excluding hydrogens is 258 g/mol. The smallest absolute Gasteiger partial charge is 0.356 e. The van der Waals surface area contributed by atoms with Gasteiger partial charge in [-0.2, -0.15) is 0 Å². The Morgan fingerprint density at radius 2 is 2.15 bits per heavy atom. The van der Waals surface area contributed by atoms with Crippen LogP contribution >= 0.6 is 0 Å². The molecule has 6 nitrogen and oxygen atoms in total. The summed E-state index contributed by atoms with van der Waals surface area (Å²) in [6.07, 6.45) is 7.59. The fraction of sp³-hybridized carbons (Fsp3) is 0.357. The predicted molar refractivity (Wildman–Crippen MR) is 71.2 cm³/mol. The number of imidazole rings is 1. The Balaban J connectivity index is 2.02. The molecule has 2 heterocycles. The SMILES string of the molecule is COC(=O)c1cc(-n2cnc(C3CC3)c2)c(OC)cn1. The van der Waals surface area contributed by atoms with Crippen LogP contribution in [0.2, 0.25) is 0 Å². The first-order valence-corrected chi connectivity index (χ1v) is 6.39. The van der Waals surface area contributed by atoms with Crippen LogP contribution in [0.4, 0.5) is 0 Å². The number of pyridine rings is 1. The first-order chi connectivity index (χ1) is 9.72. The topological polar surface area (TPSA) is 66.2 Å². The lowest BCUT2D eigenvalue weighted by Crippen LogP contribution is -2.06. The van der Waals surface area contributed by atoms with Crippen LogP contribution in [0.25, 0.3) is 5.69 Å². The highest BCUT2D eigenvalue weighted by Crippen LogP contribution is 2.39. The highest BCUT2D eigenvalue weighted by Gasteiger charge is 2.26. The number of methoxy groups -OCH3 is 2. The Labute approximate surface area is 116 Å². The van der Waals surface area contributed by atoms with Crippen molar-refractivity contribution in [1.29, 1.82) is 0 Å². The maximum Gasteiger partial charge on any atom is 0.356 e. The lowest BCUT2D eigenvalue weighted by Gasteiger charge is -2.09. The molecule has 6 heteroatoms. The van der Waals surface area contributed by atoms with E-state index >= 15 is 0 Å². The van der Waals surface area contributed by atoms with E-state index < -0.39 is 5.97 Å². The molecule has 1 aliphatic rings. The molecule has 0 aliphatic heterocycles. The average molecular weight is 273 g/mol. The molecule has 0 amide bonds. The van der Waals surface area contributed by atoms with Gasteiger partial charge in [-0.1, -0.05) is 0 Å². The molecule has 1 aliphatic carbocycles. The Bertz CT molecular complexity index is 647. The molecule has 0 radical (unpaired) electrons. The summed E-state index contributed by atoms with van der Waals surface area (Å²) in [6.45, 7) is 0. The minimum absolute atomic E-state index is 0.241. The molecule has 20 heavy (non-hydrogen) atoms. The number of carbonyl (C=O) groups excluding carboxylic acids is 1. The molecule has 0 N–H and O–H groups in total. The predicted octanol–water partition coefficient (Wildman–Crippen LogP) is 1.94. The van der Waals surface area contributed by atoms with E-state index in [0.717, 1.165) is 11.4 Å². The third-order valence-electron chi connectivity index (χ3n) is 3.34. The van der Waals surface area contributed by atoms with E-state index in [1.807, 2.05) is 10.8 Å². The van der Waals surface area contributed by atoms with Gasteiger partial charge in [0.25, 0.3) is 0 Å². The second-order valence-electron chi connectivity index (χ2n) is 4.71. The second kappa shape index (κ2) is 4.96. The lowest BCUT2D eigenvalue weighted by atomic mass is 10.3. The van der Waals surface area contributed by atoms with E-state index in [-0.39, 0.29) is 5.69 Å². The molecule has 1 fully saturated rings. The first kappa shape index (κ1) is 12.7. The summed E-state index contributed by atoms with van der Waals surface area (Å²) in [7, 11) is 2.90. The number of nitrogens with zero attached hydrogens (tertiary/aromatic N) is 3. The largest absolute Gasteiger partial charge is 0.493 e. The lowest BCUT2D eigenvalue weighted by molar-refractivity contribution is 0.0594. The van der Waals surface area contributed by atoms with E-state index in [9.17, 15) is 4.79 Å². The van der Waals surface area contributed by atoms with Gasteiger partial charge in [-0.15, -0.1) is 0 Å². The van der Waals surface area contributed by atoms with Gasteiger partial charge in [0.2, 0.25) is 0 Å². The molecule has 0 atom stereocenters. The van der Waals surface area contributed by atoms with E-state index in [4.69, 9.17) is 4.74 Å². The van der Waals surface area contributed by atoms with Gasteiger partial charge < -0.3 is 14.0 Å². The molecule has 1 saturated carbocycles. The molecule has 0 aromatic carbocycles. The molecule has 0 saturated heterocycles. The van der Waals surface area contributed by atoms with Gasteiger partial charge in [-0.3, -0.25) is 0 Å². The molecule has 104 valence electrons. The van der Waals surface area contributed by atoms with Crippen LogP contribution in [0.15, 0.2) is 24.8 Å². The Kier molecular flexibility index (Phi) is 3.14. The zero-order valence-corrected chi connectivity index (χ0v) is 11.4. The van der Waals surface area contributed by atoms with Gasteiger partial charge >= 0.3 is 5.97 Å². The van der Waals surface area contributed by atoms with Crippen molar-refractivity contribution in [3.05, 3.63) is 36.2 Å². The molecule has 0 unspecified atom stereocenters. The Morgan fingerprint density at radius 1 is 1.35 bits per heavy atom. The summed E-state index contributed by atoms with van der Waals surface area (Å²) in [5, 5.41) is 0. The van der Waals surface area contributed by atoms with Crippen molar-refractivity contribution in [1.82, 2.24) is 14.5 Å². The van der Waals surface area contributed by atoms with Crippen LogP contribution in [-0.2, 0) is 4.74 Å². The van der Waals surface area contributed by atoms with Crippen molar-refractivity contribution in [3.63, 3.8) is 0 Å². The number of rotatable bonds is 4. The minimum atomic E-state index is -0.476. The molecule has 0 spiro atoms. The monoisotopic (exact) mass is 273 g/mol. The standard InChI is InChI=1S/C14H15N3O3/c1-19-13-6-15-10(14(18)20-2)5-12(13)17-7-11(16-8-17)9-3-4-9/h5-9H,3-4H2,1-2H3. The van der Waals surface area contributed by atoms with Gasteiger partial charge in [0, 0.05) is 12.1 Å². The van der Waals surface area contributed by atoms with Gasteiger partial charge in [-0.25, -0.2) is 14.8 Å². The number of esters is 1. The summed E-state index contributed by atoms with van der Waals surface area (Å²) in [5.74, 6) is 0.679. The van der Waals surface area contributed by atoms with Crippen LogP contribution in [-0.4, -0.2) is 34.7 Å². The van der Waals surface area contributed by atoms with Crippen molar-refractivity contribution in [2.45, 2.75) is 18.8 Å². The molecule has 0 bridgehead atoms. The van der Waals surface area contributed by atoms with E-state index in [1.165, 1.54) is 26.1 Å². The fourth-order valence-corrected chi connectivity index (χ4v) is 2.07. The Morgan fingerprint density at radius 3 is 2.80 bits per heavy atom. The number of hydrogen-bond donors (Lipinski definition) is 0. The molecular formula is C14H15N3O3. The zero-order chi connectivity index (χ0) is 14.1. The molecule has 2 aromatic rings. The van der Waals surface area contributed by atoms with Crippen LogP contribution in [0.3, 0.4) is 0 Å². The van der Waals surface area contributed by atoms with Crippen molar-refractivity contribution in [2.24, 2.45) is 0 Å². The van der Waals surface area contributed by atoms with Crippen LogP contribution in [0.1, 0.15) is 34.9 Å². The van der Waals surface area contributed by atoms with Crippen molar-refractivity contribution in [3.8, 4) is 11.4 Å². The summed E-state index contributed by atoms with van der Waals surface area (Å²) >= 11 is 0. The zero-order valence-electron chi connectivity index (χ0n) is 11.4. The van der Waals surface area contributed by atoms with Gasteiger partial charge in [0.05, 0.1) is 38.1 Å². The maximum absolute atomic E-state index is 11.6. The maximum atomic E-state index is 11.6. The highest BCUT2D eigenvalue weighted by atomic mass is 16.5. The van der Waals surface area contributed by atoms with Gasteiger partial charge in [0.15, 0.2) is 11.4 Å². The summed E-state index contributed by atoms with van der Waals surface area (Å²) < 4.78 is 11.8. The number of ether oxygens (including phenoxy) is 2. The second-order valence-corrected chi connectivity index (χ2v) is 4.71. The van der Waals surface area contributed by atoms with Crippen LogP contribution in [0, 0.1) is 0 Å². The van der Waals surface area contributed by atoms with Crippen LogP contribution in [0.5, 0.6) is 5.75 Å². The number of aromatic nitrogens is 3. The van der Waals surface area contributed by atoms with Crippen molar-refractivity contribution >= 4 is 5.97 Å². The average Bonchev–Trinajstić information content (AvgIpc) is 3.23. The van der Waals surface area contributed by atoms with Crippen LogP contribution < -0.4 is 4.74 Å². The fourth-order valence-electron chi connectivity index (χ4n) is 2.07.